The first-order chi connectivity index (χ1) is 27.8. The van der Waals surface area contributed by atoms with Crippen LogP contribution in [-0.4, -0.2) is 0 Å². The lowest BCUT2D eigenvalue weighted by Crippen LogP contribution is -1.91. The van der Waals surface area contributed by atoms with Crippen LogP contribution in [0.25, 0.3) is 121 Å². The molecule has 10 aromatic carbocycles. The predicted molar refractivity (Wildman–Crippen MR) is 235 cm³/mol. The van der Waals surface area contributed by atoms with E-state index in [4.69, 9.17) is 8.83 Å². The van der Waals surface area contributed by atoms with Gasteiger partial charge in [0.2, 0.25) is 0 Å². The molecule has 2 nitrogen and oxygen atoms in total. The van der Waals surface area contributed by atoms with Gasteiger partial charge in [-0.2, -0.15) is 0 Å². The summed E-state index contributed by atoms with van der Waals surface area (Å²) in [5, 5.41) is 11.9. The van der Waals surface area contributed by atoms with Gasteiger partial charge in [0, 0.05) is 27.1 Å². The molecule has 2 heterocycles. The number of para-hydroxylation sites is 2. The van der Waals surface area contributed by atoms with Gasteiger partial charge in [0.1, 0.15) is 22.3 Å². The molecule has 0 radical (unpaired) electrons. The van der Waals surface area contributed by atoms with Crippen molar-refractivity contribution in [2.45, 2.75) is 0 Å². The van der Waals surface area contributed by atoms with Gasteiger partial charge in [-0.15, -0.1) is 0 Å². The lowest BCUT2D eigenvalue weighted by Gasteiger charge is -2.18. The molecular formula is C54H32O2. The largest absolute Gasteiger partial charge is 0.456 e. The van der Waals surface area contributed by atoms with Gasteiger partial charge < -0.3 is 8.83 Å². The fourth-order valence-corrected chi connectivity index (χ4v) is 9.11. The van der Waals surface area contributed by atoms with Gasteiger partial charge in [0.25, 0.3) is 0 Å². The Balaban J connectivity index is 1.01. The highest BCUT2D eigenvalue weighted by Crippen LogP contribution is 2.46. The highest BCUT2D eigenvalue weighted by atomic mass is 16.3. The van der Waals surface area contributed by atoms with E-state index in [-0.39, 0.29) is 0 Å². The number of benzene rings is 10. The molecule has 0 aliphatic rings. The Labute approximate surface area is 322 Å². The fraction of sp³-hybridized carbons (Fsp3) is 0. The summed E-state index contributed by atoms with van der Waals surface area (Å²) in [6, 6.07) is 69.8. The summed E-state index contributed by atoms with van der Waals surface area (Å²) in [4.78, 5) is 0. The Morgan fingerprint density at radius 3 is 1.48 bits per heavy atom. The molecule has 0 unspecified atom stereocenters. The van der Waals surface area contributed by atoms with Gasteiger partial charge in [0.15, 0.2) is 0 Å². The SMILES string of the molecule is c1ccc(-c2cccc3c2oc2ccccc23)c(-c2ccc(-c3c4ccccc4c(-c4ccc5oc6cc7ccccc7cc6c5c4)c4ccccc34)cc2)c1. The second-order valence-corrected chi connectivity index (χ2v) is 14.8. The Hall–Kier alpha value is -7.42. The molecule has 0 atom stereocenters. The fourth-order valence-electron chi connectivity index (χ4n) is 9.11. The molecule has 0 aliphatic carbocycles. The van der Waals surface area contributed by atoms with E-state index in [2.05, 4.69) is 182 Å². The maximum absolute atomic E-state index is 6.48. The summed E-state index contributed by atoms with van der Waals surface area (Å²) in [7, 11) is 0. The van der Waals surface area contributed by atoms with Crippen LogP contribution in [0, 0.1) is 0 Å². The molecule has 0 saturated heterocycles. The van der Waals surface area contributed by atoms with Crippen molar-refractivity contribution in [3.05, 3.63) is 194 Å². The molecule has 2 aromatic heterocycles. The van der Waals surface area contributed by atoms with Gasteiger partial charge >= 0.3 is 0 Å². The van der Waals surface area contributed by atoms with Crippen LogP contribution in [0.3, 0.4) is 0 Å². The van der Waals surface area contributed by atoms with Crippen molar-refractivity contribution in [1.29, 1.82) is 0 Å². The lowest BCUT2D eigenvalue weighted by molar-refractivity contribution is 0.669. The molecule has 12 rings (SSSR count). The van der Waals surface area contributed by atoms with E-state index in [1.807, 2.05) is 12.1 Å². The van der Waals surface area contributed by atoms with Crippen molar-refractivity contribution in [1.82, 2.24) is 0 Å². The van der Waals surface area contributed by atoms with Crippen LogP contribution in [0.2, 0.25) is 0 Å². The van der Waals surface area contributed by atoms with Crippen LogP contribution in [0.15, 0.2) is 203 Å². The number of furan rings is 2. The number of hydrogen-bond donors (Lipinski definition) is 0. The number of hydrogen-bond acceptors (Lipinski definition) is 2. The minimum atomic E-state index is 0.903. The molecule has 0 bridgehead atoms. The Kier molecular flexibility index (Phi) is 6.66. The maximum Gasteiger partial charge on any atom is 0.143 e. The van der Waals surface area contributed by atoms with Crippen LogP contribution < -0.4 is 0 Å². The van der Waals surface area contributed by atoms with Crippen LogP contribution in [-0.2, 0) is 0 Å². The van der Waals surface area contributed by atoms with E-state index < -0.39 is 0 Å². The molecule has 0 spiro atoms. The molecule has 0 fully saturated rings. The third-order valence-corrected chi connectivity index (χ3v) is 11.7. The van der Waals surface area contributed by atoms with Crippen LogP contribution >= 0.6 is 0 Å². The van der Waals surface area contributed by atoms with Crippen molar-refractivity contribution in [2.75, 3.05) is 0 Å². The van der Waals surface area contributed by atoms with E-state index >= 15 is 0 Å². The van der Waals surface area contributed by atoms with E-state index in [1.54, 1.807) is 0 Å². The topological polar surface area (TPSA) is 26.3 Å². The molecule has 260 valence electrons. The molecule has 2 heteroatoms. The number of rotatable bonds is 4. The molecule has 0 aliphatic heterocycles. The summed E-state index contributed by atoms with van der Waals surface area (Å²) in [6.07, 6.45) is 0. The monoisotopic (exact) mass is 712 g/mol. The zero-order valence-corrected chi connectivity index (χ0v) is 30.3. The average Bonchev–Trinajstić information content (AvgIpc) is 3.82. The highest BCUT2D eigenvalue weighted by Gasteiger charge is 2.19. The second kappa shape index (κ2) is 12.0. The molecule has 12 aromatic rings. The van der Waals surface area contributed by atoms with Crippen molar-refractivity contribution in [3.8, 4) is 44.5 Å². The molecular weight excluding hydrogens is 681 g/mol. The third-order valence-electron chi connectivity index (χ3n) is 11.7. The smallest absolute Gasteiger partial charge is 0.143 e. The van der Waals surface area contributed by atoms with Crippen LogP contribution in [0.1, 0.15) is 0 Å². The quantitative estimate of drug-likeness (QED) is 0.170. The van der Waals surface area contributed by atoms with Crippen molar-refractivity contribution in [2.24, 2.45) is 0 Å². The standard InChI is InChI=1S/C54H32O2/c1-2-13-36-32-51-48(30-35(36)12-1)47-31-37(28-29-50(47)55-51)53-43-19-7-5-17-41(43)52(42-18-6-8-20-44(42)53)34-26-24-33(25-27-34)38-14-3-4-15-39(38)45-21-11-22-46-40-16-9-10-23-49(40)56-54(45)46/h1-32H. The van der Waals surface area contributed by atoms with Crippen molar-refractivity contribution in [3.63, 3.8) is 0 Å². The zero-order valence-electron chi connectivity index (χ0n) is 30.3. The Morgan fingerprint density at radius 1 is 0.250 bits per heavy atom. The first-order valence-electron chi connectivity index (χ1n) is 19.2. The van der Waals surface area contributed by atoms with E-state index in [0.717, 1.165) is 60.6 Å². The second-order valence-electron chi connectivity index (χ2n) is 14.8. The van der Waals surface area contributed by atoms with E-state index in [1.165, 1.54) is 60.1 Å². The molecule has 0 N–H and O–H groups in total. The highest BCUT2D eigenvalue weighted by molar-refractivity contribution is 6.22. The van der Waals surface area contributed by atoms with Gasteiger partial charge in [0.05, 0.1) is 0 Å². The van der Waals surface area contributed by atoms with Gasteiger partial charge in [-0.25, -0.2) is 0 Å². The van der Waals surface area contributed by atoms with Crippen LogP contribution in [0.4, 0.5) is 0 Å². The normalized spacial score (nSPS) is 11.9. The summed E-state index contributed by atoms with van der Waals surface area (Å²) >= 11 is 0. The van der Waals surface area contributed by atoms with Gasteiger partial charge in [-0.05, 0) is 102 Å². The number of fused-ring (bicyclic) bond motifs is 9. The summed E-state index contributed by atoms with van der Waals surface area (Å²) in [5.41, 5.74) is 13.1. The maximum atomic E-state index is 6.48. The molecule has 0 saturated carbocycles. The molecule has 56 heavy (non-hydrogen) atoms. The lowest BCUT2D eigenvalue weighted by atomic mass is 9.85. The van der Waals surface area contributed by atoms with Crippen LogP contribution in [0.5, 0.6) is 0 Å². The third kappa shape index (κ3) is 4.63. The predicted octanol–water partition coefficient (Wildman–Crippen LogP) is 15.6. The summed E-state index contributed by atoms with van der Waals surface area (Å²) in [5.74, 6) is 0. The minimum absolute atomic E-state index is 0.903. The average molecular weight is 713 g/mol. The first kappa shape index (κ1) is 31.0. The van der Waals surface area contributed by atoms with Gasteiger partial charge in [-0.1, -0.05) is 164 Å². The van der Waals surface area contributed by atoms with Crippen molar-refractivity contribution < 1.29 is 8.83 Å². The first-order valence-corrected chi connectivity index (χ1v) is 19.2. The zero-order chi connectivity index (χ0) is 36.7. The summed E-state index contributed by atoms with van der Waals surface area (Å²) in [6.45, 7) is 0. The van der Waals surface area contributed by atoms with Crippen molar-refractivity contribution >= 4 is 76.2 Å². The van der Waals surface area contributed by atoms with E-state index in [0.29, 0.717) is 0 Å². The Bertz CT molecular complexity index is 3470. The van der Waals surface area contributed by atoms with Gasteiger partial charge in [-0.3, -0.25) is 0 Å². The Morgan fingerprint density at radius 2 is 0.750 bits per heavy atom. The minimum Gasteiger partial charge on any atom is -0.456 e. The summed E-state index contributed by atoms with van der Waals surface area (Å²) < 4.78 is 12.9. The molecule has 0 amide bonds. The van der Waals surface area contributed by atoms with E-state index in [9.17, 15) is 0 Å².